The zero-order chi connectivity index (χ0) is 11.6. The Labute approximate surface area is 98.7 Å². The molecule has 0 unspecified atom stereocenters. The molecule has 1 aromatic heterocycles. The summed E-state index contributed by atoms with van der Waals surface area (Å²) in [5, 5.41) is 14.8. The monoisotopic (exact) mass is 240 g/mol. The maximum absolute atomic E-state index is 10.5. The van der Waals surface area contributed by atoms with Gasteiger partial charge in [0.1, 0.15) is 0 Å². The van der Waals surface area contributed by atoms with Crippen molar-refractivity contribution in [1.29, 1.82) is 0 Å². The van der Waals surface area contributed by atoms with Gasteiger partial charge < -0.3 is 10.4 Å². The molecule has 0 aromatic carbocycles. The fraction of sp³-hybridized carbons (Fsp3) is 0.636. The quantitative estimate of drug-likeness (QED) is 0.830. The molecule has 0 aliphatic heterocycles. The molecule has 2 N–H and O–H groups in total. The Bertz CT molecular complexity index is 380. The van der Waals surface area contributed by atoms with Crippen molar-refractivity contribution in [3.63, 3.8) is 0 Å². The lowest BCUT2D eigenvalue weighted by atomic mass is 9.75. The maximum Gasteiger partial charge on any atom is 0.309 e. The number of hydrogen-bond acceptors (Lipinski definition) is 4. The van der Waals surface area contributed by atoms with Crippen molar-refractivity contribution in [2.24, 2.45) is 0 Å². The highest BCUT2D eigenvalue weighted by molar-refractivity contribution is 7.13. The van der Waals surface area contributed by atoms with E-state index in [0.29, 0.717) is 5.69 Å². The molecule has 1 aliphatic rings. The average molecular weight is 240 g/mol. The van der Waals surface area contributed by atoms with Gasteiger partial charge in [-0.2, -0.15) is 0 Å². The number of carbonyl (C=O) groups is 1. The number of carboxylic acid groups (broad SMARTS) is 1. The van der Waals surface area contributed by atoms with E-state index in [4.69, 9.17) is 5.11 Å². The first-order chi connectivity index (χ1) is 7.63. The largest absolute Gasteiger partial charge is 0.481 e. The van der Waals surface area contributed by atoms with Crippen LogP contribution in [-0.2, 0) is 11.2 Å². The van der Waals surface area contributed by atoms with Crippen molar-refractivity contribution in [2.75, 3.05) is 5.32 Å². The van der Waals surface area contributed by atoms with Crippen molar-refractivity contribution in [1.82, 2.24) is 4.98 Å². The zero-order valence-corrected chi connectivity index (χ0v) is 10.1. The molecule has 0 spiro atoms. The van der Waals surface area contributed by atoms with E-state index >= 15 is 0 Å². The summed E-state index contributed by atoms with van der Waals surface area (Å²) in [6, 6.07) is 0. The number of anilines is 1. The summed E-state index contributed by atoms with van der Waals surface area (Å²) in [5.74, 6) is -0.828. The lowest BCUT2D eigenvalue weighted by Gasteiger charge is -2.41. The van der Waals surface area contributed by atoms with Crippen LogP contribution in [0.4, 0.5) is 5.13 Å². The molecule has 1 aliphatic carbocycles. The van der Waals surface area contributed by atoms with Crippen LogP contribution in [0.3, 0.4) is 0 Å². The van der Waals surface area contributed by atoms with Crippen LogP contribution in [0.15, 0.2) is 5.38 Å². The van der Waals surface area contributed by atoms with Gasteiger partial charge in [0.05, 0.1) is 12.1 Å². The van der Waals surface area contributed by atoms with Crippen LogP contribution in [-0.4, -0.2) is 21.6 Å². The molecule has 2 rings (SSSR count). The topological polar surface area (TPSA) is 62.2 Å². The first-order valence-electron chi connectivity index (χ1n) is 5.58. The van der Waals surface area contributed by atoms with Crippen molar-refractivity contribution < 1.29 is 9.90 Å². The maximum atomic E-state index is 10.5. The molecule has 1 heterocycles. The van der Waals surface area contributed by atoms with Crippen LogP contribution in [0.2, 0.25) is 0 Å². The number of nitrogens with one attached hydrogen (secondary N) is 1. The molecule has 16 heavy (non-hydrogen) atoms. The molecule has 0 amide bonds. The van der Waals surface area contributed by atoms with Crippen LogP contribution in [0.1, 0.15) is 38.3 Å². The van der Waals surface area contributed by atoms with Gasteiger partial charge in [0.25, 0.3) is 0 Å². The second kappa shape index (κ2) is 4.41. The van der Waals surface area contributed by atoms with Crippen molar-refractivity contribution in [3.8, 4) is 0 Å². The Morgan fingerprint density at radius 3 is 2.94 bits per heavy atom. The molecule has 4 nitrogen and oxygen atoms in total. The Balaban J connectivity index is 1.99. The van der Waals surface area contributed by atoms with Gasteiger partial charge in [-0.05, 0) is 25.7 Å². The van der Waals surface area contributed by atoms with Gasteiger partial charge >= 0.3 is 5.97 Å². The highest BCUT2D eigenvalue weighted by Gasteiger charge is 2.35. The molecular formula is C11H16N2O2S. The number of rotatable bonds is 5. The first-order valence-corrected chi connectivity index (χ1v) is 6.46. The highest BCUT2D eigenvalue weighted by atomic mass is 32.1. The number of carboxylic acids is 1. The predicted molar refractivity (Wildman–Crippen MR) is 63.9 cm³/mol. The lowest BCUT2D eigenvalue weighted by molar-refractivity contribution is -0.136. The number of thiazole rings is 1. The summed E-state index contributed by atoms with van der Waals surface area (Å²) in [6.45, 7) is 2.18. The van der Waals surface area contributed by atoms with E-state index in [2.05, 4.69) is 17.2 Å². The summed E-state index contributed by atoms with van der Waals surface area (Å²) in [6.07, 6.45) is 4.76. The second-order valence-electron chi connectivity index (χ2n) is 4.33. The molecule has 1 saturated carbocycles. The Hall–Kier alpha value is -1.10. The molecule has 0 atom stereocenters. The predicted octanol–water partition coefficient (Wildman–Crippen LogP) is 2.51. The summed E-state index contributed by atoms with van der Waals surface area (Å²) < 4.78 is 0. The smallest absolute Gasteiger partial charge is 0.309 e. The second-order valence-corrected chi connectivity index (χ2v) is 5.19. The fourth-order valence-corrected chi connectivity index (χ4v) is 2.83. The minimum absolute atomic E-state index is 0.0112. The van der Waals surface area contributed by atoms with Crippen LogP contribution in [0.5, 0.6) is 0 Å². The zero-order valence-electron chi connectivity index (χ0n) is 9.32. The molecule has 0 saturated heterocycles. The first kappa shape index (κ1) is 11.4. The third-order valence-corrected chi connectivity index (χ3v) is 4.05. The van der Waals surface area contributed by atoms with Crippen molar-refractivity contribution >= 4 is 22.4 Å². The Kier molecular flexibility index (Phi) is 3.14. The molecule has 1 aromatic rings. The fourth-order valence-electron chi connectivity index (χ4n) is 2.00. The number of nitrogens with zero attached hydrogens (tertiary/aromatic N) is 1. The van der Waals surface area contributed by atoms with E-state index in [9.17, 15) is 4.79 Å². The van der Waals surface area contributed by atoms with Gasteiger partial charge in [0.2, 0.25) is 0 Å². The van der Waals surface area contributed by atoms with Crippen LogP contribution >= 0.6 is 11.3 Å². The molecule has 1 fully saturated rings. The number of aliphatic carboxylic acids is 1. The van der Waals surface area contributed by atoms with Gasteiger partial charge in [-0.15, -0.1) is 11.3 Å². The minimum Gasteiger partial charge on any atom is -0.481 e. The summed E-state index contributed by atoms with van der Waals surface area (Å²) in [7, 11) is 0. The average Bonchev–Trinajstić information content (AvgIpc) is 2.58. The van der Waals surface area contributed by atoms with Gasteiger partial charge in [0, 0.05) is 10.9 Å². The van der Waals surface area contributed by atoms with Crippen LogP contribution in [0.25, 0.3) is 0 Å². The molecule has 88 valence electrons. The Morgan fingerprint density at radius 2 is 2.44 bits per heavy atom. The van der Waals surface area contributed by atoms with Gasteiger partial charge in [-0.25, -0.2) is 4.98 Å². The summed E-state index contributed by atoms with van der Waals surface area (Å²) >= 11 is 1.50. The Morgan fingerprint density at radius 1 is 1.69 bits per heavy atom. The molecule has 0 bridgehead atoms. The molecular weight excluding hydrogens is 224 g/mol. The number of hydrogen-bond donors (Lipinski definition) is 2. The third kappa shape index (κ3) is 2.35. The molecule has 0 radical (unpaired) electrons. The highest BCUT2D eigenvalue weighted by Crippen LogP contribution is 2.38. The van der Waals surface area contributed by atoms with E-state index in [1.807, 2.05) is 5.38 Å². The molecule has 5 heteroatoms. The third-order valence-electron chi connectivity index (χ3n) is 3.24. The summed E-state index contributed by atoms with van der Waals surface area (Å²) in [4.78, 5) is 14.8. The van der Waals surface area contributed by atoms with E-state index < -0.39 is 5.97 Å². The van der Waals surface area contributed by atoms with Crippen LogP contribution < -0.4 is 5.32 Å². The summed E-state index contributed by atoms with van der Waals surface area (Å²) in [5.41, 5.74) is 0.865. The normalized spacial score (nSPS) is 17.8. The van der Waals surface area contributed by atoms with Gasteiger partial charge in [-0.3, -0.25) is 4.79 Å². The van der Waals surface area contributed by atoms with E-state index in [1.165, 1.54) is 30.6 Å². The van der Waals surface area contributed by atoms with Gasteiger partial charge in [-0.1, -0.05) is 6.92 Å². The van der Waals surface area contributed by atoms with E-state index in [-0.39, 0.29) is 12.0 Å². The van der Waals surface area contributed by atoms with E-state index in [0.717, 1.165) is 11.6 Å². The van der Waals surface area contributed by atoms with Crippen molar-refractivity contribution in [3.05, 3.63) is 11.1 Å². The van der Waals surface area contributed by atoms with Crippen LogP contribution in [0, 0.1) is 0 Å². The van der Waals surface area contributed by atoms with E-state index in [1.54, 1.807) is 0 Å². The SMILES string of the molecule is CCC1(Nc2nc(CC(=O)O)cs2)CCC1. The minimum atomic E-state index is -0.828. The van der Waals surface area contributed by atoms with Crippen molar-refractivity contribution in [2.45, 2.75) is 44.6 Å². The lowest BCUT2D eigenvalue weighted by Crippen LogP contribution is -2.44. The standard InChI is InChI=1S/C11H16N2O2S/c1-2-11(4-3-5-11)13-10-12-8(7-16-10)6-9(14)15/h7H,2-6H2,1H3,(H,12,13)(H,14,15). The van der Waals surface area contributed by atoms with Gasteiger partial charge in [0.15, 0.2) is 5.13 Å². The number of aromatic nitrogens is 1.